The van der Waals surface area contributed by atoms with Crippen LogP contribution < -0.4 is 0 Å². The zero-order chi connectivity index (χ0) is 23.7. The van der Waals surface area contributed by atoms with E-state index in [1.165, 1.54) is 44.1 Å². The average Bonchev–Trinajstić information content (AvgIpc) is 3.09. The Morgan fingerprint density at radius 2 is 1.59 bits per heavy atom. The molecule has 3 aliphatic carbocycles. The maximum absolute atomic E-state index is 11.0. The summed E-state index contributed by atoms with van der Waals surface area (Å²) in [6.07, 6.45) is 12.3. The predicted molar refractivity (Wildman–Crippen MR) is 133 cm³/mol. The molecule has 3 N–H and O–H groups in total. The topological polar surface area (TPSA) is 60.7 Å². The van der Waals surface area contributed by atoms with Crippen LogP contribution in [0.1, 0.15) is 106 Å². The molecule has 32 heavy (non-hydrogen) atoms. The number of hydrogen-bond acceptors (Lipinski definition) is 3. The van der Waals surface area contributed by atoms with Crippen molar-refractivity contribution in [2.24, 2.45) is 46.3 Å². The molecule has 0 heterocycles. The highest BCUT2D eigenvalue weighted by Crippen LogP contribution is 2.64. The van der Waals surface area contributed by atoms with Crippen molar-refractivity contribution in [1.82, 2.24) is 0 Å². The van der Waals surface area contributed by atoms with Gasteiger partial charge in [-0.2, -0.15) is 0 Å². The second kappa shape index (κ2) is 10.5. The third-order valence-electron chi connectivity index (χ3n) is 10.7. The first-order chi connectivity index (χ1) is 15.1. The molecule has 3 heteroatoms. The molecule has 0 radical (unpaired) electrons. The molecule has 2 unspecified atom stereocenters. The molecule has 3 aliphatic rings. The zero-order valence-corrected chi connectivity index (χ0v) is 21.8. The van der Waals surface area contributed by atoms with E-state index < -0.39 is 6.10 Å². The van der Waals surface area contributed by atoms with E-state index in [4.69, 9.17) is 0 Å². The van der Waals surface area contributed by atoms with Crippen LogP contribution in [0.3, 0.4) is 0 Å². The molecule has 3 saturated carbocycles. The molecule has 0 amide bonds. The van der Waals surface area contributed by atoms with Crippen LogP contribution in [-0.4, -0.2) is 34.1 Å². The Hall–Kier alpha value is -0.380. The SMILES string of the molecule is CC[C@@H](CC[C@@H](C)[C@H]1CCC2/C(=C/CO)C([C@@]3(C)CC[C@H](O)C[C@@H]3O)CC[C@@]21C)C(C)C. The lowest BCUT2D eigenvalue weighted by Crippen LogP contribution is -2.50. The Bertz CT molecular complexity index is 642. The fourth-order valence-corrected chi connectivity index (χ4v) is 8.45. The average molecular weight is 449 g/mol. The summed E-state index contributed by atoms with van der Waals surface area (Å²) < 4.78 is 0. The van der Waals surface area contributed by atoms with Crippen LogP contribution in [0.25, 0.3) is 0 Å². The van der Waals surface area contributed by atoms with Gasteiger partial charge in [0.2, 0.25) is 0 Å². The molecule has 0 spiro atoms. The van der Waals surface area contributed by atoms with Gasteiger partial charge in [-0.15, -0.1) is 0 Å². The zero-order valence-electron chi connectivity index (χ0n) is 21.8. The Morgan fingerprint density at radius 1 is 0.938 bits per heavy atom. The quantitative estimate of drug-likeness (QED) is 0.379. The van der Waals surface area contributed by atoms with E-state index in [1.807, 2.05) is 0 Å². The first-order valence-electron chi connectivity index (χ1n) is 13.7. The molecule has 3 fully saturated rings. The lowest BCUT2D eigenvalue weighted by atomic mass is 9.51. The molecule has 0 aromatic rings. The molecule has 3 rings (SSSR count). The second-order valence-corrected chi connectivity index (χ2v) is 12.6. The van der Waals surface area contributed by atoms with Gasteiger partial charge in [0.25, 0.3) is 0 Å². The highest BCUT2D eigenvalue weighted by molar-refractivity contribution is 5.25. The molecule has 0 bridgehead atoms. The number of aliphatic hydroxyl groups is 3. The van der Waals surface area contributed by atoms with Crippen molar-refractivity contribution in [3.63, 3.8) is 0 Å². The van der Waals surface area contributed by atoms with E-state index in [0.717, 1.165) is 42.9 Å². The Morgan fingerprint density at radius 3 is 2.19 bits per heavy atom. The van der Waals surface area contributed by atoms with Crippen LogP contribution in [-0.2, 0) is 0 Å². The van der Waals surface area contributed by atoms with E-state index in [1.54, 1.807) is 0 Å². The largest absolute Gasteiger partial charge is 0.393 e. The maximum Gasteiger partial charge on any atom is 0.0624 e. The fourth-order valence-electron chi connectivity index (χ4n) is 8.45. The first kappa shape index (κ1) is 26.2. The highest BCUT2D eigenvalue weighted by Gasteiger charge is 2.56. The summed E-state index contributed by atoms with van der Waals surface area (Å²) in [5, 5.41) is 31.1. The van der Waals surface area contributed by atoms with E-state index in [2.05, 4.69) is 47.6 Å². The van der Waals surface area contributed by atoms with Gasteiger partial charge in [-0.05, 0) is 92.3 Å². The van der Waals surface area contributed by atoms with Crippen LogP contribution in [0.2, 0.25) is 0 Å². The molecule has 0 aromatic carbocycles. The van der Waals surface area contributed by atoms with Crippen molar-refractivity contribution in [2.75, 3.05) is 6.61 Å². The summed E-state index contributed by atoms with van der Waals surface area (Å²) in [5.74, 6) is 3.97. The first-order valence-corrected chi connectivity index (χ1v) is 13.7. The summed E-state index contributed by atoms with van der Waals surface area (Å²) in [5.41, 5.74) is 1.56. The van der Waals surface area contributed by atoms with Crippen molar-refractivity contribution in [1.29, 1.82) is 0 Å². The van der Waals surface area contributed by atoms with Gasteiger partial charge < -0.3 is 15.3 Å². The van der Waals surface area contributed by atoms with Crippen molar-refractivity contribution in [3.8, 4) is 0 Å². The minimum atomic E-state index is -0.458. The molecule has 9 atom stereocenters. The van der Waals surface area contributed by atoms with Gasteiger partial charge >= 0.3 is 0 Å². The van der Waals surface area contributed by atoms with Gasteiger partial charge in [-0.1, -0.05) is 66.0 Å². The van der Waals surface area contributed by atoms with Crippen molar-refractivity contribution >= 4 is 0 Å². The molecule has 186 valence electrons. The van der Waals surface area contributed by atoms with Gasteiger partial charge in [0.15, 0.2) is 0 Å². The van der Waals surface area contributed by atoms with Crippen molar-refractivity contribution in [3.05, 3.63) is 11.6 Å². The smallest absolute Gasteiger partial charge is 0.0624 e. The van der Waals surface area contributed by atoms with Crippen LogP contribution in [0.5, 0.6) is 0 Å². The van der Waals surface area contributed by atoms with Gasteiger partial charge in [0.05, 0.1) is 18.8 Å². The molecular weight excluding hydrogens is 396 g/mol. The summed E-state index contributed by atoms with van der Waals surface area (Å²) >= 11 is 0. The Kier molecular flexibility index (Phi) is 8.59. The minimum Gasteiger partial charge on any atom is -0.393 e. The molecule has 0 saturated heterocycles. The Labute approximate surface area is 198 Å². The number of allylic oxidation sites excluding steroid dienone is 1. The second-order valence-electron chi connectivity index (χ2n) is 12.6. The summed E-state index contributed by atoms with van der Waals surface area (Å²) in [6.45, 7) is 14.5. The van der Waals surface area contributed by atoms with Crippen LogP contribution in [0.4, 0.5) is 0 Å². The lowest BCUT2D eigenvalue weighted by Gasteiger charge is -2.54. The van der Waals surface area contributed by atoms with E-state index in [-0.39, 0.29) is 18.1 Å². The van der Waals surface area contributed by atoms with E-state index >= 15 is 0 Å². The number of rotatable bonds is 8. The van der Waals surface area contributed by atoms with Crippen LogP contribution in [0.15, 0.2) is 11.6 Å². The standard InChI is InChI=1S/C29H52O3/c1-7-21(19(2)3)9-8-20(4)24-10-11-25-23(14-17-30)26(13-16-28(24,25)5)29(6)15-12-22(31)18-27(29)32/h14,19-22,24-27,30-32H,7-13,15-18H2,1-6H3/b23-14-/t20-,21+,22+,24-,25?,26?,27+,28-,29-/m1/s1. The fraction of sp³-hybridized carbons (Fsp3) is 0.931. The van der Waals surface area contributed by atoms with E-state index in [0.29, 0.717) is 23.7 Å². The third-order valence-corrected chi connectivity index (χ3v) is 10.7. The minimum absolute atomic E-state index is 0.0972. The third kappa shape index (κ3) is 4.86. The van der Waals surface area contributed by atoms with Crippen LogP contribution >= 0.6 is 0 Å². The van der Waals surface area contributed by atoms with Gasteiger partial charge in [-0.3, -0.25) is 0 Å². The van der Waals surface area contributed by atoms with Gasteiger partial charge in [-0.25, -0.2) is 0 Å². The monoisotopic (exact) mass is 448 g/mol. The molecule has 0 aromatic heterocycles. The predicted octanol–water partition coefficient (Wildman–Crippen LogP) is 6.36. The van der Waals surface area contributed by atoms with Gasteiger partial charge in [0.1, 0.15) is 0 Å². The number of aliphatic hydroxyl groups excluding tert-OH is 3. The summed E-state index contributed by atoms with van der Waals surface area (Å²) in [7, 11) is 0. The number of fused-ring (bicyclic) bond motifs is 1. The molecule has 0 aliphatic heterocycles. The molecule has 3 nitrogen and oxygen atoms in total. The van der Waals surface area contributed by atoms with Crippen molar-refractivity contribution < 1.29 is 15.3 Å². The highest BCUT2D eigenvalue weighted by atomic mass is 16.3. The van der Waals surface area contributed by atoms with Crippen LogP contribution in [0, 0.1) is 46.3 Å². The summed E-state index contributed by atoms with van der Waals surface area (Å²) in [6, 6.07) is 0. The number of hydrogen-bond donors (Lipinski definition) is 3. The van der Waals surface area contributed by atoms with E-state index in [9.17, 15) is 15.3 Å². The maximum atomic E-state index is 11.0. The Balaban J connectivity index is 1.78. The molecular formula is C29H52O3. The lowest BCUT2D eigenvalue weighted by molar-refractivity contribution is -0.0856. The van der Waals surface area contributed by atoms with Gasteiger partial charge in [0, 0.05) is 5.41 Å². The van der Waals surface area contributed by atoms with Crippen molar-refractivity contribution in [2.45, 2.75) is 118 Å². The summed E-state index contributed by atoms with van der Waals surface area (Å²) in [4.78, 5) is 0. The normalized spacial score (nSPS) is 43.4.